The molecule has 7 heteroatoms. The number of carbonyl (C=O) groups excluding carboxylic acids is 1. The van der Waals surface area contributed by atoms with Crippen molar-refractivity contribution in [2.45, 2.75) is 32.2 Å². The molecular weight excluding hydrogens is 272 g/mol. The Labute approximate surface area is 121 Å². The number of aliphatic carboxylic acids is 1. The largest absolute Gasteiger partial charge is 0.480 e. The second-order valence-corrected chi connectivity index (χ2v) is 5.24. The van der Waals surface area contributed by atoms with Crippen LogP contribution in [0.2, 0.25) is 0 Å². The van der Waals surface area contributed by atoms with E-state index in [9.17, 15) is 14.7 Å². The van der Waals surface area contributed by atoms with Crippen molar-refractivity contribution in [3.8, 4) is 0 Å². The zero-order valence-corrected chi connectivity index (χ0v) is 11.7. The van der Waals surface area contributed by atoms with Gasteiger partial charge in [0.25, 0.3) is 5.91 Å². The number of rotatable bonds is 2. The summed E-state index contributed by atoms with van der Waals surface area (Å²) in [6, 6.07) is 2.65. The van der Waals surface area contributed by atoms with Crippen LogP contribution in [0.25, 0.3) is 5.65 Å². The highest BCUT2D eigenvalue weighted by atomic mass is 16.4. The lowest BCUT2D eigenvalue weighted by atomic mass is 10.0. The molecule has 7 nitrogen and oxygen atoms in total. The van der Waals surface area contributed by atoms with Crippen molar-refractivity contribution < 1.29 is 14.7 Å². The molecule has 0 aromatic carbocycles. The van der Waals surface area contributed by atoms with Gasteiger partial charge in [-0.2, -0.15) is 0 Å². The molecule has 0 aliphatic carbocycles. The number of hydrogen-bond acceptors (Lipinski definition) is 4. The Morgan fingerprint density at radius 3 is 2.86 bits per heavy atom. The van der Waals surface area contributed by atoms with Crippen LogP contribution in [0.5, 0.6) is 0 Å². The predicted octanol–water partition coefficient (Wildman–Crippen LogP) is 1.12. The van der Waals surface area contributed by atoms with Gasteiger partial charge in [0.1, 0.15) is 11.9 Å². The molecule has 1 aliphatic heterocycles. The van der Waals surface area contributed by atoms with E-state index in [2.05, 4.69) is 10.2 Å². The molecule has 0 spiro atoms. The first kappa shape index (κ1) is 13.5. The van der Waals surface area contributed by atoms with E-state index < -0.39 is 12.0 Å². The number of amides is 1. The van der Waals surface area contributed by atoms with E-state index >= 15 is 0 Å². The first-order valence-electron chi connectivity index (χ1n) is 6.93. The zero-order chi connectivity index (χ0) is 15.0. The zero-order valence-electron chi connectivity index (χ0n) is 11.7. The van der Waals surface area contributed by atoms with Crippen LogP contribution in [0.1, 0.15) is 35.4 Å². The number of aromatic nitrogens is 3. The Hall–Kier alpha value is -2.44. The number of likely N-dealkylation sites (tertiary alicyclic amines) is 1. The molecule has 0 bridgehead atoms. The Balaban J connectivity index is 1.94. The summed E-state index contributed by atoms with van der Waals surface area (Å²) in [7, 11) is 0. The minimum atomic E-state index is -0.940. The Bertz CT molecular complexity index is 709. The van der Waals surface area contributed by atoms with Crippen LogP contribution in [-0.4, -0.2) is 49.1 Å². The molecule has 1 saturated heterocycles. The summed E-state index contributed by atoms with van der Waals surface area (Å²) in [5.41, 5.74) is 1.12. The Kier molecular flexibility index (Phi) is 3.32. The summed E-state index contributed by atoms with van der Waals surface area (Å²) in [6.07, 6.45) is 3.85. The SMILES string of the molecule is Cc1nnc2ccc(C(=O)N3CCCCC3C(=O)O)cn12. The number of fused-ring (bicyclic) bond motifs is 1. The monoisotopic (exact) mass is 288 g/mol. The highest BCUT2D eigenvalue weighted by Gasteiger charge is 2.32. The van der Waals surface area contributed by atoms with E-state index in [1.54, 1.807) is 29.7 Å². The van der Waals surface area contributed by atoms with Gasteiger partial charge in [-0.15, -0.1) is 10.2 Å². The third-order valence-electron chi connectivity index (χ3n) is 3.87. The number of carboxylic acid groups (broad SMARTS) is 1. The Morgan fingerprint density at radius 2 is 2.10 bits per heavy atom. The van der Waals surface area contributed by atoms with Gasteiger partial charge in [0.2, 0.25) is 0 Å². The number of carbonyl (C=O) groups is 2. The quantitative estimate of drug-likeness (QED) is 0.894. The molecule has 1 fully saturated rings. The standard InChI is InChI=1S/C14H16N4O3/c1-9-15-16-12-6-5-10(8-18(9)12)13(19)17-7-3-2-4-11(17)14(20)21/h5-6,8,11H,2-4,7H2,1H3,(H,20,21). The van der Waals surface area contributed by atoms with Crippen molar-refractivity contribution in [2.24, 2.45) is 0 Å². The summed E-state index contributed by atoms with van der Waals surface area (Å²) < 4.78 is 1.73. The summed E-state index contributed by atoms with van der Waals surface area (Å²) >= 11 is 0. The van der Waals surface area contributed by atoms with E-state index in [0.717, 1.165) is 12.8 Å². The first-order valence-corrected chi connectivity index (χ1v) is 6.93. The molecule has 0 radical (unpaired) electrons. The van der Waals surface area contributed by atoms with E-state index in [1.807, 2.05) is 0 Å². The van der Waals surface area contributed by atoms with Crippen molar-refractivity contribution in [3.05, 3.63) is 29.7 Å². The van der Waals surface area contributed by atoms with Crippen LogP contribution in [0.3, 0.4) is 0 Å². The lowest BCUT2D eigenvalue weighted by Gasteiger charge is -2.33. The summed E-state index contributed by atoms with van der Waals surface area (Å²) in [6.45, 7) is 2.28. The molecule has 110 valence electrons. The second-order valence-electron chi connectivity index (χ2n) is 5.24. The molecule has 0 saturated carbocycles. The first-order chi connectivity index (χ1) is 10.1. The fourth-order valence-corrected chi connectivity index (χ4v) is 2.73. The maximum Gasteiger partial charge on any atom is 0.326 e. The summed E-state index contributed by atoms with van der Waals surface area (Å²) in [4.78, 5) is 25.4. The maximum atomic E-state index is 12.6. The number of carboxylic acids is 1. The van der Waals surface area contributed by atoms with E-state index in [1.165, 1.54) is 4.90 Å². The molecule has 1 atom stereocenters. The number of nitrogens with zero attached hydrogens (tertiary/aromatic N) is 4. The van der Waals surface area contributed by atoms with Gasteiger partial charge in [-0.05, 0) is 38.3 Å². The third kappa shape index (κ3) is 2.35. The van der Waals surface area contributed by atoms with Crippen molar-refractivity contribution in [1.29, 1.82) is 0 Å². The van der Waals surface area contributed by atoms with Crippen molar-refractivity contribution in [1.82, 2.24) is 19.5 Å². The van der Waals surface area contributed by atoms with E-state index in [-0.39, 0.29) is 5.91 Å². The minimum absolute atomic E-state index is 0.253. The highest BCUT2D eigenvalue weighted by Crippen LogP contribution is 2.20. The number of piperidine rings is 1. The maximum absolute atomic E-state index is 12.6. The van der Waals surface area contributed by atoms with Gasteiger partial charge in [0.15, 0.2) is 5.65 Å². The number of aryl methyl sites for hydroxylation is 1. The molecule has 1 unspecified atom stereocenters. The number of hydrogen-bond donors (Lipinski definition) is 1. The average molecular weight is 288 g/mol. The van der Waals surface area contributed by atoms with Gasteiger partial charge in [0.05, 0.1) is 5.56 Å². The molecule has 1 aliphatic rings. The molecule has 1 N–H and O–H groups in total. The van der Waals surface area contributed by atoms with E-state index in [4.69, 9.17) is 0 Å². The second kappa shape index (κ2) is 5.16. The smallest absolute Gasteiger partial charge is 0.326 e. The van der Waals surface area contributed by atoms with Crippen LogP contribution in [0.15, 0.2) is 18.3 Å². The van der Waals surface area contributed by atoms with Crippen molar-refractivity contribution in [3.63, 3.8) is 0 Å². The van der Waals surface area contributed by atoms with Gasteiger partial charge in [-0.1, -0.05) is 0 Å². The van der Waals surface area contributed by atoms with Crippen LogP contribution in [0, 0.1) is 6.92 Å². The summed E-state index contributed by atoms with van der Waals surface area (Å²) in [5.74, 6) is -0.505. The van der Waals surface area contributed by atoms with Crippen LogP contribution in [-0.2, 0) is 4.79 Å². The molecule has 3 heterocycles. The fraction of sp³-hybridized carbons (Fsp3) is 0.429. The van der Waals surface area contributed by atoms with Gasteiger partial charge in [0, 0.05) is 12.7 Å². The highest BCUT2D eigenvalue weighted by molar-refractivity contribution is 5.96. The van der Waals surface area contributed by atoms with Crippen LogP contribution in [0.4, 0.5) is 0 Å². The van der Waals surface area contributed by atoms with Crippen LogP contribution >= 0.6 is 0 Å². The minimum Gasteiger partial charge on any atom is -0.480 e. The van der Waals surface area contributed by atoms with Gasteiger partial charge in [-0.25, -0.2) is 4.79 Å². The van der Waals surface area contributed by atoms with Gasteiger partial charge < -0.3 is 10.0 Å². The predicted molar refractivity (Wildman–Crippen MR) is 74.0 cm³/mol. The topological polar surface area (TPSA) is 87.8 Å². The van der Waals surface area contributed by atoms with Gasteiger partial charge in [-0.3, -0.25) is 9.20 Å². The summed E-state index contributed by atoms with van der Waals surface area (Å²) in [5, 5.41) is 17.2. The molecule has 21 heavy (non-hydrogen) atoms. The van der Waals surface area contributed by atoms with Crippen LogP contribution < -0.4 is 0 Å². The average Bonchev–Trinajstić information content (AvgIpc) is 2.87. The molecule has 2 aromatic heterocycles. The molecular formula is C14H16N4O3. The van der Waals surface area contributed by atoms with E-state index in [0.29, 0.717) is 30.0 Å². The molecule has 1 amide bonds. The lowest BCUT2D eigenvalue weighted by molar-refractivity contribution is -0.143. The number of pyridine rings is 1. The Morgan fingerprint density at radius 1 is 1.29 bits per heavy atom. The van der Waals surface area contributed by atoms with Gasteiger partial charge >= 0.3 is 5.97 Å². The third-order valence-corrected chi connectivity index (χ3v) is 3.87. The molecule has 3 rings (SSSR count). The fourth-order valence-electron chi connectivity index (χ4n) is 2.73. The molecule has 2 aromatic rings. The van der Waals surface area contributed by atoms with Crippen molar-refractivity contribution in [2.75, 3.05) is 6.54 Å². The van der Waals surface area contributed by atoms with Crippen molar-refractivity contribution >= 4 is 17.5 Å². The normalized spacial score (nSPS) is 18.9. The lowest BCUT2D eigenvalue weighted by Crippen LogP contribution is -2.48.